The van der Waals surface area contributed by atoms with Gasteiger partial charge in [0.05, 0.1) is 17.1 Å². The van der Waals surface area contributed by atoms with Crippen LogP contribution >= 0.6 is 0 Å². The first-order valence-corrected chi connectivity index (χ1v) is 11.2. The molecule has 0 saturated heterocycles. The van der Waals surface area contributed by atoms with Crippen molar-refractivity contribution in [2.45, 2.75) is 11.8 Å². The van der Waals surface area contributed by atoms with E-state index in [-0.39, 0.29) is 11.4 Å². The molecule has 0 atom stereocenters. The van der Waals surface area contributed by atoms with Crippen molar-refractivity contribution in [2.24, 2.45) is 7.05 Å². The lowest BCUT2D eigenvalue weighted by atomic mass is 10.0. The van der Waals surface area contributed by atoms with Crippen molar-refractivity contribution in [2.75, 3.05) is 17.5 Å². The lowest BCUT2D eigenvalue weighted by Crippen LogP contribution is -2.37. The number of hydrogen-bond acceptors (Lipinski definition) is 4. The number of anilines is 1. The third-order valence-corrected chi connectivity index (χ3v) is 7.26. The molecule has 0 fully saturated rings. The number of ether oxygens (including phenoxy) is 1. The Balaban J connectivity index is 1.61. The highest BCUT2D eigenvalue weighted by atomic mass is 32.2. The van der Waals surface area contributed by atoms with Crippen LogP contribution in [0.4, 0.5) is 5.69 Å². The van der Waals surface area contributed by atoms with Crippen LogP contribution in [-0.4, -0.2) is 31.1 Å². The number of aryl methyl sites for hydroxylation is 2. The molecule has 5 rings (SSSR count). The fourth-order valence-corrected chi connectivity index (χ4v) is 5.38. The zero-order valence-corrected chi connectivity index (χ0v) is 17.6. The molecule has 152 valence electrons. The number of aromatic nitrogens is 2. The molecule has 6 nitrogen and oxygen atoms in total. The van der Waals surface area contributed by atoms with Crippen molar-refractivity contribution in [1.82, 2.24) is 9.55 Å². The topological polar surface area (TPSA) is 64.4 Å². The molecule has 1 aliphatic rings. The van der Waals surface area contributed by atoms with E-state index in [0.29, 0.717) is 18.0 Å². The maximum atomic E-state index is 13.6. The minimum atomic E-state index is -3.73. The SMILES string of the molecule is Cc1cc(-c2ccc3c(c2)N(S(=O)(=O)c2ccc4c(ccn4C)c2)CCO3)ccn1. The van der Waals surface area contributed by atoms with Crippen LogP contribution in [0.15, 0.2) is 71.9 Å². The van der Waals surface area contributed by atoms with Gasteiger partial charge in [-0.25, -0.2) is 8.42 Å². The second-order valence-electron chi connectivity index (χ2n) is 7.44. The minimum absolute atomic E-state index is 0.265. The first kappa shape index (κ1) is 18.7. The monoisotopic (exact) mass is 419 g/mol. The van der Waals surface area contributed by atoms with Crippen LogP contribution in [0.5, 0.6) is 5.75 Å². The standard InChI is InChI=1S/C23H21N3O3S/c1-16-13-18(7-9-24-16)17-3-6-23-22(15-17)26(11-12-29-23)30(27,28)20-4-5-21-19(14-20)8-10-25(21)2/h3-10,13-15H,11-12H2,1-2H3. The Morgan fingerprint density at radius 3 is 2.67 bits per heavy atom. The van der Waals surface area contributed by atoms with Crippen molar-refractivity contribution in [3.05, 3.63) is 72.7 Å². The molecule has 30 heavy (non-hydrogen) atoms. The van der Waals surface area contributed by atoms with Gasteiger partial charge in [-0.3, -0.25) is 9.29 Å². The van der Waals surface area contributed by atoms with Gasteiger partial charge in [0.1, 0.15) is 12.4 Å². The van der Waals surface area contributed by atoms with Crippen LogP contribution in [0, 0.1) is 6.92 Å². The quantitative estimate of drug-likeness (QED) is 0.501. The molecule has 0 aliphatic carbocycles. The van der Waals surface area contributed by atoms with Crippen molar-refractivity contribution >= 4 is 26.6 Å². The highest BCUT2D eigenvalue weighted by molar-refractivity contribution is 7.92. The number of pyridine rings is 1. The Hall–Kier alpha value is -3.32. The summed E-state index contributed by atoms with van der Waals surface area (Å²) >= 11 is 0. The fraction of sp³-hybridized carbons (Fsp3) is 0.174. The number of nitrogens with zero attached hydrogens (tertiary/aromatic N) is 3. The van der Waals surface area contributed by atoms with Gasteiger partial charge in [-0.1, -0.05) is 6.07 Å². The molecule has 0 spiro atoms. The van der Waals surface area contributed by atoms with Crippen molar-refractivity contribution in [1.29, 1.82) is 0 Å². The summed E-state index contributed by atoms with van der Waals surface area (Å²) in [5.74, 6) is 0.570. The van der Waals surface area contributed by atoms with Gasteiger partial charge in [0.25, 0.3) is 10.0 Å². The predicted octanol–water partition coefficient (Wildman–Crippen LogP) is 4.14. The first-order chi connectivity index (χ1) is 14.4. The number of hydrogen-bond donors (Lipinski definition) is 0. The molecule has 1 aliphatic heterocycles. The van der Waals surface area contributed by atoms with Crippen LogP contribution in [0.2, 0.25) is 0 Å². The van der Waals surface area contributed by atoms with E-state index in [2.05, 4.69) is 4.98 Å². The first-order valence-electron chi connectivity index (χ1n) is 9.71. The van der Waals surface area contributed by atoms with Gasteiger partial charge in [-0.15, -0.1) is 0 Å². The van der Waals surface area contributed by atoms with Crippen molar-refractivity contribution < 1.29 is 13.2 Å². The maximum Gasteiger partial charge on any atom is 0.264 e. The lowest BCUT2D eigenvalue weighted by molar-refractivity contribution is 0.316. The average Bonchev–Trinajstić information content (AvgIpc) is 3.13. The van der Waals surface area contributed by atoms with E-state index in [4.69, 9.17) is 4.74 Å². The predicted molar refractivity (Wildman–Crippen MR) is 117 cm³/mol. The summed E-state index contributed by atoms with van der Waals surface area (Å²) in [5.41, 5.74) is 4.36. The molecule has 2 aromatic carbocycles. The van der Waals surface area contributed by atoms with Crippen LogP contribution in [-0.2, 0) is 17.1 Å². The van der Waals surface area contributed by atoms with Gasteiger partial charge in [0.15, 0.2) is 0 Å². The van der Waals surface area contributed by atoms with E-state index in [0.717, 1.165) is 27.7 Å². The van der Waals surface area contributed by atoms with Crippen LogP contribution in [0.25, 0.3) is 22.0 Å². The Morgan fingerprint density at radius 2 is 1.83 bits per heavy atom. The summed E-state index contributed by atoms with van der Waals surface area (Å²) in [4.78, 5) is 4.52. The molecule has 3 heterocycles. The Bertz CT molecular complexity index is 1380. The number of fused-ring (bicyclic) bond motifs is 2. The molecule has 4 aromatic rings. The van der Waals surface area contributed by atoms with E-state index in [1.54, 1.807) is 18.3 Å². The Morgan fingerprint density at radius 1 is 1.00 bits per heavy atom. The second-order valence-corrected chi connectivity index (χ2v) is 9.30. The fourth-order valence-electron chi connectivity index (χ4n) is 3.90. The van der Waals surface area contributed by atoms with Crippen LogP contribution in [0.3, 0.4) is 0 Å². The third kappa shape index (κ3) is 3.02. The molecular formula is C23H21N3O3S. The largest absolute Gasteiger partial charge is 0.489 e. The van der Waals surface area contributed by atoms with Gasteiger partial charge in [0.2, 0.25) is 0 Å². The van der Waals surface area contributed by atoms with Gasteiger partial charge in [-0.2, -0.15) is 0 Å². The summed E-state index contributed by atoms with van der Waals surface area (Å²) in [6.45, 7) is 2.51. The molecule has 2 aromatic heterocycles. The zero-order chi connectivity index (χ0) is 20.9. The normalized spacial score (nSPS) is 13.9. The molecule has 0 N–H and O–H groups in total. The summed E-state index contributed by atoms with van der Waals surface area (Å²) in [6, 6.07) is 16.7. The zero-order valence-electron chi connectivity index (χ0n) is 16.7. The van der Waals surface area contributed by atoms with Crippen LogP contribution < -0.4 is 9.04 Å². The number of sulfonamides is 1. The molecule has 0 unspecified atom stereocenters. The maximum absolute atomic E-state index is 13.6. The molecule has 0 bridgehead atoms. The highest BCUT2D eigenvalue weighted by Crippen LogP contribution is 2.38. The number of rotatable bonds is 3. The molecule has 0 amide bonds. The smallest absolute Gasteiger partial charge is 0.264 e. The van der Waals surface area contributed by atoms with Gasteiger partial charge >= 0.3 is 0 Å². The summed E-state index contributed by atoms with van der Waals surface area (Å²) in [7, 11) is -1.79. The van der Waals surface area contributed by atoms with E-state index >= 15 is 0 Å². The van der Waals surface area contributed by atoms with Gasteiger partial charge in [0, 0.05) is 36.0 Å². The molecular weight excluding hydrogens is 398 g/mol. The third-order valence-electron chi connectivity index (χ3n) is 5.45. The summed E-state index contributed by atoms with van der Waals surface area (Å²) in [6.07, 6.45) is 3.68. The van der Waals surface area contributed by atoms with E-state index in [9.17, 15) is 8.42 Å². The van der Waals surface area contributed by atoms with Crippen LogP contribution in [0.1, 0.15) is 5.69 Å². The summed E-state index contributed by atoms with van der Waals surface area (Å²) < 4.78 is 36.3. The minimum Gasteiger partial charge on any atom is -0.489 e. The molecule has 0 radical (unpaired) electrons. The van der Waals surface area contributed by atoms with E-state index < -0.39 is 10.0 Å². The Kier molecular flexibility index (Phi) is 4.29. The summed E-state index contributed by atoms with van der Waals surface area (Å²) in [5, 5.41) is 0.896. The molecule has 0 saturated carbocycles. The highest BCUT2D eigenvalue weighted by Gasteiger charge is 2.30. The van der Waals surface area contributed by atoms with Gasteiger partial charge < -0.3 is 9.30 Å². The van der Waals surface area contributed by atoms with Crippen molar-refractivity contribution in [3.8, 4) is 16.9 Å². The average molecular weight is 420 g/mol. The van der Waals surface area contributed by atoms with E-state index in [1.165, 1.54) is 4.31 Å². The van der Waals surface area contributed by atoms with Crippen molar-refractivity contribution in [3.63, 3.8) is 0 Å². The Labute approximate surface area is 175 Å². The van der Waals surface area contributed by atoms with E-state index in [1.807, 2.05) is 67.2 Å². The molecule has 7 heteroatoms. The number of benzene rings is 2. The van der Waals surface area contributed by atoms with Gasteiger partial charge in [-0.05, 0) is 66.6 Å². The lowest BCUT2D eigenvalue weighted by Gasteiger charge is -2.31. The second kappa shape index (κ2) is 6.88.